The number of likely N-dealkylation sites (N-methyl/N-ethyl adjacent to an activating group) is 1. The summed E-state index contributed by atoms with van der Waals surface area (Å²) in [5.74, 6) is -0.779. The first-order valence-corrected chi connectivity index (χ1v) is 8.48. The molecule has 0 spiro atoms. The zero-order valence-electron chi connectivity index (χ0n) is 14.2. The van der Waals surface area contributed by atoms with Gasteiger partial charge in [-0.05, 0) is 19.4 Å². The summed E-state index contributed by atoms with van der Waals surface area (Å²) in [5, 5.41) is 8.90. The predicted molar refractivity (Wildman–Crippen MR) is 92.4 cm³/mol. The third kappa shape index (κ3) is 3.85. The molecule has 132 valence electrons. The molecular weight excluding hydrogens is 344 g/mol. The Bertz CT molecular complexity index is 909. The third-order valence-corrected chi connectivity index (χ3v) is 4.85. The highest BCUT2D eigenvalue weighted by molar-refractivity contribution is 7.20. The number of ether oxygens (including phenoxy) is 1. The number of hydrogen-bond donors (Lipinski definition) is 0. The fourth-order valence-electron chi connectivity index (χ4n) is 2.27. The molecule has 25 heavy (non-hydrogen) atoms. The van der Waals surface area contributed by atoms with Gasteiger partial charge in [-0.15, -0.1) is 11.3 Å². The van der Waals surface area contributed by atoms with E-state index in [0.717, 1.165) is 11.3 Å². The molecule has 0 N–H and O–H groups in total. The number of carbonyl (C=O) groups is 2. The normalized spacial score (nSPS) is 10.5. The van der Waals surface area contributed by atoms with Gasteiger partial charge in [0.05, 0.1) is 30.8 Å². The highest BCUT2D eigenvalue weighted by Gasteiger charge is 2.21. The molecular formula is C16H18N4O4S. The molecule has 0 aliphatic carbocycles. The number of carbonyl (C=O) groups excluding carboxylic acids is 2. The Kier molecular flexibility index (Phi) is 5.88. The Morgan fingerprint density at radius 2 is 2.20 bits per heavy atom. The molecule has 0 aromatic carbocycles. The maximum absolute atomic E-state index is 12.7. The van der Waals surface area contributed by atoms with E-state index in [4.69, 9.17) is 10.00 Å². The van der Waals surface area contributed by atoms with E-state index in [1.54, 1.807) is 20.9 Å². The number of esters is 1. The van der Waals surface area contributed by atoms with E-state index in [0.29, 0.717) is 27.2 Å². The number of thiophene rings is 1. The predicted octanol–water partition coefficient (Wildman–Crippen LogP) is 1.32. The van der Waals surface area contributed by atoms with Crippen LogP contribution < -0.4 is 5.56 Å². The number of amides is 1. The Balaban J connectivity index is 2.35. The second kappa shape index (κ2) is 7.90. The summed E-state index contributed by atoms with van der Waals surface area (Å²) in [6.07, 6.45) is 1.52. The van der Waals surface area contributed by atoms with Gasteiger partial charge >= 0.3 is 5.97 Å². The van der Waals surface area contributed by atoms with Gasteiger partial charge in [0.2, 0.25) is 5.91 Å². The lowest BCUT2D eigenvalue weighted by molar-refractivity contribution is -0.130. The average molecular weight is 362 g/mol. The quantitative estimate of drug-likeness (QED) is 0.718. The molecule has 0 aliphatic heterocycles. The second-order valence-corrected chi connectivity index (χ2v) is 6.36. The molecule has 0 radical (unpaired) electrons. The van der Waals surface area contributed by atoms with E-state index in [1.165, 1.54) is 15.8 Å². The summed E-state index contributed by atoms with van der Waals surface area (Å²) < 4.78 is 6.20. The second-order valence-electron chi connectivity index (χ2n) is 5.36. The summed E-state index contributed by atoms with van der Waals surface area (Å²) in [4.78, 5) is 43.1. The van der Waals surface area contributed by atoms with E-state index in [-0.39, 0.29) is 31.0 Å². The third-order valence-electron chi connectivity index (χ3n) is 3.67. The van der Waals surface area contributed by atoms with Crippen LogP contribution in [0.25, 0.3) is 10.2 Å². The standard InChI is InChI=1S/C16H18N4O4S/c1-4-24-16(23)13-10(2)12-14(25-13)18-9-20(15(12)22)8-11(21)19(3)7-5-6-17/h9H,4-5,7-8H2,1-3H3. The molecule has 0 atom stereocenters. The van der Waals surface area contributed by atoms with E-state index in [2.05, 4.69) is 4.98 Å². The van der Waals surface area contributed by atoms with Crippen molar-refractivity contribution in [1.82, 2.24) is 14.5 Å². The van der Waals surface area contributed by atoms with Crippen LogP contribution in [0.4, 0.5) is 0 Å². The van der Waals surface area contributed by atoms with Crippen LogP contribution in [0.2, 0.25) is 0 Å². The molecule has 2 aromatic rings. The van der Waals surface area contributed by atoms with Crippen molar-refractivity contribution in [3.8, 4) is 6.07 Å². The van der Waals surface area contributed by atoms with Gasteiger partial charge in [-0.1, -0.05) is 0 Å². The summed E-state index contributed by atoms with van der Waals surface area (Å²) in [5.41, 5.74) is 0.131. The number of aromatic nitrogens is 2. The van der Waals surface area contributed by atoms with Crippen LogP contribution in [-0.4, -0.2) is 46.5 Å². The average Bonchev–Trinajstić information content (AvgIpc) is 2.92. The van der Waals surface area contributed by atoms with Crippen molar-refractivity contribution in [1.29, 1.82) is 5.26 Å². The van der Waals surface area contributed by atoms with Crippen molar-refractivity contribution < 1.29 is 14.3 Å². The number of fused-ring (bicyclic) bond motifs is 1. The largest absolute Gasteiger partial charge is 0.462 e. The maximum Gasteiger partial charge on any atom is 0.348 e. The first-order valence-electron chi connectivity index (χ1n) is 7.67. The Hall–Kier alpha value is -2.73. The molecule has 0 fully saturated rings. The number of hydrogen-bond acceptors (Lipinski definition) is 7. The van der Waals surface area contributed by atoms with E-state index < -0.39 is 5.97 Å². The van der Waals surface area contributed by atoms with Crippen molar-refractivity contribution in [3.05, 3.63) is 27.1 Å². The van der Waals surface area contributed by atoms with Crippen molar-refractivity contribution >= 4 is 33.4 Å². The zero-order chi connectivity index (χ0) is 18.6. The number of nitrogens with zero attached hydrogens (tertiary/aromatic N) is 4. The van der Waals surface area contributed by atoms with Gasteiger partial charge in [0.25, 0.3) is 5.56 Å². The molecule has 9 heteroatoms. The van der Waals surface area contributed by atoms with Crippen molar-refractivity contribution in [2.75, 3.05) is 20.2 Å². The van der Waals surface area contributed by atoms with Gasteiger partial charge in [-0.25, -0.2) is 9.78 Å². The van der Waals surface area contributed by atoms with Crippen LogP contribution in [0.1, 0.15) is 28.6 Å². The van der Waals surface area contributed by atoms with Crippen molar-refractivity contribution in [2.45, 2.75) is 26.8 Å². The summed E-state index contributed by atoms with van der Waals surface area (Å²) in [7, 11) is 1.57. The van der Waals surface area contributed by atoms with Crippen LogP contribution >= 0.6 is 11.3 Å². The fraction of sp³-hybridized carbons (Fsp3) is 0.438. The minimum absolute atomic E-state index is 0.173. The SMILES string of the molecule is CCOC(=O)c1sc2ncn(CC(=O)N(C)CCC#N)c(=O)c2c1C. The molecule has 0 bridgehead atoms. The summed E-state index contributed by atoms with van der Waals surface area (Å²) in [6.45, 7) is 3.74. The van der Waals surface area contributed by atoms with Gasteiger partial charge in [0, 0.05) is 13.6 Å². The van der Waals surface area contributed by atoms with Crippen LogP contribution in [-0.2, 0) is 16.1 Å². The molecule has 0 aliphatic rings. The lowest BCUT2D eigenvalue weighted by Crippen LogP contribution is -2.34. The Morgan fingerprint density at radius 3 is 2.84 bits per heavy atom. The lowest BCUT2D eigenvalue weighted by Gasteiger charge is -2.15. The molecule has 0 saturated heterocycles. The van der Waals surface area contributed by atoms with Crippen molar-refractivity contribution in [3.63, 3.8) is 0 Å². The van der Waals surface area contributed by atoms with Gasteiger partial charge in [0.15, 0.2) is 0 Å². The number of aryl methyl sites for hydroxylation is 1. The monoisotopic (exact) mass is 362 g/mol. The molecule has 2 heterocycles. The first kappa shape index (κ1) is 18.6. The molecule has 8 nitrogen and oxygen atoms in total. The molecule has 1 amide bonds. The van der Waals surface area contributed by atoms with Crippen LogP contribution in [0.3, 0.4) is 0 Å². The Morgan fingerprint density at radius 1 is 1.48 bits per heavy atom. The van der Waals surface area contributed by atoms with E-state index >= 15 is 0 Å². The minimum atomic E-state index is -0.485. The summed E-state index contributed by atoms with van der Waals surface area (Å²) in [6, 6.07) is 1.97. The van der Waals surface area contributed by atoms with Crippen LogP contribution in [0.15, 0.2) is 11.1 Å². The molecule has 2 rings (SSSR count). The van der Waals surface area contributed by atoms with E-state index in [1.807, 2.05) is 6.07 Å². The Labute approximate surface area is 148 Å². The lowest BCUT2D eigenvalue weighted by atomic mass is 10.2. The zero-order valence-corrected chi connectivity index (χ0v) is 15.1. The smallest absolute Gasteiger partial charge is 0.348 e. The highest BCUT2D eigenvalue weighted by atomic mass is 32.1. The van der Waals surface area contributed by atoms with Crippen LogP contribution in [0, 0.1) is 18.3 Å². The minimum Gasteiger partial charge on any atom is -0.462 e. The first-order chi connectivity index (χ1) is 11.9. The molecule has 0 saturated carbocycles. The maximum atomic E-state index is 12.7. The van der Waals surface area contributed by atoms with Gasteiger partial charge in [0.1, 0.15) is 16.3 Å². The fourth-order valence-corrected chi connectivity index (χ4v) is 3.31. The van der Waals surface area contributed by atoms with Gasteiger partial charge in [-0.2, -0.15) is 5.26 Å². The molecule has 0 unspecified atom stereocenters. The van der Waals surface area contributed by atoms with Gasteiger partial charge in [-0.3, -0.25) is 14.2 Å². The number of nitriles is 1. The molecule has 2 aromatic heterocycles. The van der Waals surface area contributed by atoms with Crippen molar-refractivity contribution in [2.24, 2.45) is 0 Å². The van der Waals surface area contributed by atoms with E-state index in [9.17, 15) is 14.4 Å². The highest BCUT2D eigenvalue weighted by Crippen LogP contribution is 2.27. The van der Waals surface area contributed by atoms with Crippen LogP contribution in [0.5, 0.6) is 0 Å². The topological polar surface area (TPSA) is 105 Å². The van der Waals surface area contributed by atoms with Gasteiger partial charge < -0.3 is 9.64 Å². The number of rotatable bonds is 6. The summed E-state index contributed by atoms with van der Waals surface area (Å²) >= 11 is 1.10.